The molecule has 0 bridgehead atoms. The Morgan fingerprint density at radius 2 is 1.87 bits per heavy atom. The van der Waals surface area contributed by atoms with Gasteiger partial charge in [0.2, 0.25) is 0 Å². The minimum atomic E-state index is -0.375. The van der Waals surface area contributed by atoms with Gasteiger partial charge in [0.15, 0.2) is 0 Å². The second-order valence-corrected chi connectivity index (χ2v) is 9.67. The summed E-state index contributed by atoms with van der Waals surface area (Å²) in [5.74, 6) is -0.686. The number of aromatic nitrogens is 1. The molecule has 8 heteroatoms. The molecule has 1 aliphatic rings. The quantitative estimate of drug-likeness (QED) is 0.542. The van der Waals surface area contributed by atoms with Crippen molar-refractivity contribution in [3.63, 3.8) is 0 Å². The lowest BCUT2D eigenvalue weighted by atomic mass is 9.95. The first-order chi connectivity index (χ1) is 14.3. The lowest BCUT2D eigenvalue weighted by Gasteiger charge is -2.12. The molecular weight excluding hydrogens is 418 g/mol. The number of hydrogen-bond acceptors (Lipinski definition) is 7. The second-order valence-electron chi connectivity index (χ2n) is 7.56. The zero-order valence-corrected chi connectivity index (χ0v) is 19.2. The highest BCUT2D eigenvalue weighted by atomic mass is 32.1. The fraction of sp³-hybridized carbons (Fsp3) is 0.409. The van der Waals surface area contributed by atoms with Gasteiger partial charge in [-0.25, -0.2) is 9.78 Å². The molecule has 0 radical (unpaired) electrons. The van der Waals surface area contributed by atoms with Gasteiger partial charge in [-0.3, -0.25) is 4.79 Å². The number of nitrogens with zero attached hydrogens (tertiary/aromatic N) is 1. The molecule has 0 atom stereocenters. The van der Waals surface area contributed by atoms with Gasteiger partial charge in [-0.15, -0.1) is 22.7 Å². The van der Waals surface area contributed by atoms with Gasteiger partial charge >= 0.3 is 5.97 Å². The van der Waals surface area contributed by atoms with E-state index in [1.165, 1.54) is 22.7 Å². The SMILES string of the molecule is CCOC(=O)c1c(NC(=O)c2sc3nc(C)c(C)c(C)c3c2N)sc2c1CCCC2. The van der Waals surface area contributed by atoms with Gasteiger partial charge in [-0.2, -0.15) is 0 Å². The number of ether oxygens (including phenoxy) is 1. The summed E-state index contributed by atoms with van der Waals surface area (Å²) >= 11 is 2.76. The van der Waals surface area contributed by atoms with Gasteiger partial charge in [0, 0.05) is 16.0 Å². The summed E-state index contributed by atoms with van der Waals surface area (Å²) in [6, 6.07) is 0. The highest BCUT2D eigenvalue weighted by Gasteiger charge is 2.28. The summed E-state index contributed by atoms with van der Waals surface area (Å²) in [6.45, 7) is 8.05. The number of nitrogens with one attached hydrogen (secondary N) is 1. The number of fused-ring (bicyclic) bond motifs is 2. The largest absolute Gasteiger partial charge is 0.462 e. The normalized spacial score (nSPS) is 13.3. The molecule has 3 aromatic heterocycles. The van der Waals surface area contributed by atoms with E-state index in [0.717, 1.165) is 63.2 Å². The van der Waals surface area contributed by atoms with Crippen LogP contribution in [0.3, 0.4) is 0 Å². The first-order valence-electron chi connectivity index (χ1n) is 10.1. The summed E-state index contributed by atoms with van der Waals surface area (Å²) in [4.78, 5) is 32.8. The number of carbonyl (C=O) groups is 2. The van der Waals surface area contributed by atoms with Crippen molar-refractivity contribution in [3.05, 3.63) is 37.7 Å². The molecule has 6 nitrogen and oxygen atoms in total. The summed E-state index contributed by atoms with van der Waals surface area (Å²) in [6.07, 6.45) is 3.89. The summed E-state index contributed by atoms with van der Waals surface area (Å²) in [5, 5.41) is 4.35. The van der Waals surface area contributed by atoms with E-state index in [2.05, 4.69) is 10.3 Å². The van der Waals surface area contributed by atoms with E-state index in [-0.39, 0.29) is 11.9 Å². The predicted octanol–water partition coefficient (Wildman–Crippen LogP) is 5.17. The Balaban J connectivity index is 1.74. The highest BCUT2D eigenvalue weighted by Crippen LogP contribution is 2.41. The van der Waals surface area contributed by atoms with E-state index in [4.69, 9.17) is 10.5 Å². The van der Waals surface area contributed by atoms with Crippen LogP contribution in [0.25, 0.3) is 10.2 Å². The molecule has 1 amide bonds. The Bertz CT molecular complexity index is 1180. The lowest BCUT2D eigenvalue weighted by molar-refractivity contribution is 0.0526. The zero-order valence-electron chi connectivity index (χ0n) is 17.6. The van der Waals surface area contributed by atoms with E-state index in [1.54, 1.807) is 6.92 Å². The molecule has 3 N–H and O–H groups in total. The first-order valence-corrected chi connectivity index (χ1v) is 11.8. The highest BCUT2D eigenvalue weighted by molar-refractivity contribution is 7.21. The molecule has 0 saturated carbocycles. The number of nitrogens with two attached hydrogens (primary N) is 1. The Morgan fingerprint density at radius 1 is 1.13 bits per heavy atom. The minimum absolute atomic E-state index is 0.295. The van der Waals surface area contributed by atoms with Gasteiger partial charge in [0.25, 0.3) is 5.91 Å². The number of amides is 1. The summed E-state index contributed by atoms with van der Waals surface area (Å²) < 4.78 is 5.28. The number of rotatable bonds is 4. The Morgan fingerprint density at radius 3 is 2.60 bits per heavy atom. The van der Waals surface area contributed by atoms with Crippen molar-refractivity contribution >= 4 is 55.5 Å². The van der Waals surface area contributed by atoms with Gasteiger partial charge in [0.05, 0.1) is 17.9 Å². The van der Waals surface area contributed by atoms with Crippen molar-refractivity contribution in [3.8, 4) is 0 Å². The molecular formula is C22H25N3O3S2. The van der Waals surface area contributed by atoms with Crippen LogP contribution in [-0.2, 0) is 17.6 Å². The number of pyridine rings is 1. The number of carbonyl (C=O) groups excluding carboxylic acids is 2. The van der Waals surface area contributed by atoms with E-state index in [0.29, 0.717) is 27.7 Å². The Kier molecular flexibility index (Phi) is 5.55. The van der Waals surface area contributed by atoms with E-state index >= 15 is 0 Å². The van der Waals surface area contributed by atoms with Crippen molar-refractivity contribution in [1.29, 1.82) is 0 Å². The number of esters is 1. The van der Waals surface area contributed by atoms with Gasteiger partial charge in [0.1, 0.15) is 14.7 Å². The van der Waals surface area contributed by atoms with Crippen LogP contribution in [0.15, 0.2) is 0 Å². The molecule has 0 unspecified atom stereocenters. The maximum absolute atomic E-state index is 13.2. The van der Waals surface area contributed by atoms with E-state index < -0.39 is 0 Å². The number of aryl methyl sites for hydroxylation is 3. The fourth-order valence-corrected chi connectivity index (χ4v) is 6.34. The average Bonchev–Trinajstić information content (AvgIpc) is 3.23. The molecule has 4 rings (SSSR count). The van der Waals surface area contributed by atoms with Crippen molar-refractivity contribution in [2.75, 3.05) is 17.7 Å². The third kappa shape index (κ3) is 3.37. The molecule has 0 fully saturated rings. The second kappa shape index (κ2) is 8.00. The summed E-state index contributed by atoms with van der Waals surface area (Å²) in [5.41, 5.74) is 11.4. The lowest BCUT2D eigenvalue weighted by Crippen LogP contribution is -2.15. The van der Waals surface area contributed by atoms with Gasteiger partial charge in [-0.1, -0.05) is 0 Å². The Hall–Kier alpha value is -2.45. The number of hydrogen-bond donors (Lipinski definition) is 2. The third-order valence-electron chi connectivity index (χ3n) is 5.76. The maximum atomic E-state index is 13.2. The fourth-order valence-electron chi connectivity index (χ4n) is 3.97. The van der Waals surface area contributed by atoms with Crippen LogP contribution in [0.1, 0.15) is 67.1 Å². The van der Waals surface area contributed by atoms with Crippen LogP contribution in [-0.4, -0.2) is 23.5 Å². The minimum Gasteiger partial charge on any atom is -0.462 e. The predicted molar refractivity (Wildman–Crippen MR) is 123 cm³/mol. The number of nitrogen functional groups attached to an aromatic ring is 1. The smallest absolute Gasteiger partial charge is 0.341 e. The van der Waals surface area contributed by atoms with Crippen LogP contribution >= 0.6 is 22.7 Å². The van der Waals surface area contributed by atoms with E-state index in [9.17, 15) is 9.59 Å². The molecule has 0 saturated heterocycles. The number of thiophene rings is 2. The third-order valence-corrected chi connectivity index (χ3v) is 8.07. The van der Waals surface area contributed by atoms with Crippen molar-refractivity contribution < 1.29 is 14.3 Å². The Labute approximate surface area is 183 Å². The van der Waals surface area contributed by atoms with Crippen LogP contribution in [0, 0.1) is 20.8 Å². The molecule has 0 aromatic carbocycles. The zero-order chi connectivity index (χ0) is 21.6. The monoisotopic (exact) mass is 443 g/mol. The molecule has 1 aliphatic carbocycles. The first kappa shape index (κ1) is 20.8. The molecule has 3 heterocycles. The topological polar surface area (TPSA) is 94.3 Å². The standard InChI is InChI=1S/C22H25N3O3S2/c1-5-28-22(27)16-13-8-6-7-9-14(13)29-21(16)25-19(26)18-17(23)15-11(3)10(2)12(4)24-20(15)30-18/h5-9,23H2,1-4H3,(H,25,26). The molecule has 158 valence electrons. The van der Waals surface area contributed by atoms with Crippen molar-refractivity contribution in [2.24, 2.45) is 0 Å². The van der Waals surface area contributed by atoms with Crippen LogP contribution < -0.4 is 11.1 Å². The van der Waals surface area contributed by atoms with Crippen molar-refractivity contribution in [2.45, 2.75) is 53.4 Å². The van der Waals surface area contributed by atoms with Gasteiger partial charge < -0.3 is 15.8 Å². The number of anilines is 2. The maximum Gasteiger partial charge on any atom is 0.341 e. The molecule has 0 spiro atoms. The van der Waals surface area contributed by atoms with Crippen LogP contribution in [0.4, 0.5) is 10.7 Å². The molecule has 0 aliphatic heterocycles. The van der Waals surface area contributed by atoms with Crippen LogP contribution in [0.2, 0.25) is 0 Å². The van der Waals surface area contributed by atoms with Crippen LogP contribution in [0.5, 0.6) is 0 Å². The van der Waals surface area contributed by atoms with E-state index in [1.807, 2.05) is 20.8 Å². The van der Waals surface area contributed by atoms with Gasteiger partial charge in [-0.05, 0) is 70.1 Å². The summed E-state index contributed by atoms with van der Waals surface area (Å²) in [7, 11) is 0. The average molecular weight is 444 g/mol. The molecule has 30 heavy (non-hydrogen) atoms. The molecule has 3 aromatic rings. The van der Waals surface area contributed by atoms with Crippen molar-refractivity contribution in [1.82, 2.24) is 4.98 Å².